The van der Waals surface area contributed by atoms with Crippen molar-refractivity contribution in [1.82, 2.24) is 24.7 Å². The average molecular weight is 375 g/mol. The Hall–Kier alpha value is -2.05. The number of hydrogen-bond acceptors (Lipinski definition) is 3. The number of hydrogen-bond donors (Lipinski definition) is 1. The molecule has 2 aliphatic rings. The third-order valence-corrected chi connectivity index (χ3v) is 6.34. The lowest BCUT2D eigenvalue weighted by atomic mass is 9.84. The molecule has 1 aliphatic heterocycles. The summed E-state index contributed by atoms with van der Waals surface area (Å²) in [6, 6.07) is 0.392. The smallest absolute Gasteiger partial charge is 0.230 e. The van der Waals surface area contributed by atoms with Crippen molar-refractivity contribution in [3.8, 4) is 0 Å². The van der Waals surface area contributed by atoms with E-state index in [1.807, 2.05) is 39.9 Å². The number of guanidine groups is 1. The van der Waals surface area contributed by atoms with E-state index in [4.69, 9.17) is 0 Å². The lowest BCUT2D eigenvalue weighted by Gasteiger charge is -2.40. The Morgan fingerprint density at radius 1 is 1.37 bits per heavy atom. The van der Waals surface area contributed by atoms with Crippen molar-refractivity contribution < 1.29 is 4.79 Å². The Balaban J connectivity index is 1.67. The number of aliphatic imine (C=N–C) groups is 1. The van der Waals surface area contributed by atoms with Crippen LogP contribution in [0.3, 0.4) is 0 Å². The van der Waals surface area contributed by atoms with Gasteiger partial charge in [-0.15, -0.1) is 0 Å². The maximum Gasteiger partial charge on any atom is 0.230 e. The fraction of sp³-hybridized carbons (Fsp3) is 0.750. The molecule has 2 atom stereocenters. The van der Waals surface area contributed by atoms with Crippen molar-refractivity contribution in [1.29, 1.82) is 0 Å². The highest BCUT2D eigenvalue weighted by atomic mass is 16.2. The molecule has 0 bridgehead atoms. The minimum atomic E-state index is -0.285. The Morgan fingerprint density at radius 2 is 2.11 bits per heavy atom. The second-order valence-electron chi connectivity index (χ2n) is 8.38. The van der Waals surface area contributed by atoms with Gasteiger partial charge in [0.1, 0.15) is 0 Å². The van der Waals surface area contributed by atoms with E-state index in [9.17, 15) is 4.79 Å². The summed E-state index contributed by atoms with van der Waals surface area (Å²) in [4.78, 5) is 25.6. The quantitative estimate of drug-likeness (QED) is 0.647. The molecule has 27 heavy (non-hydrogen) atoms. The topological polar surface area (TPSA) is 65.8 Å². The van der Waals surface area contributed by atoms with Gasteiger partial charge in [0.2, 0.25) is 5.91 Å². The number of amides is 1. The molecule has 7 heteroatoms. The molecule has 1 aliphatic carbocycles. The van der Waals surface area contributed by atoms with Crippen molar-refractivity contribution >= 4 is 11.9 Å². The zero-order chi connectivity index (χ0) is 19.4. The molecule has 2 fully saturated rings. The van der Waals surface area contributed by atoms with Gasteiger partial charge in [-0.25, -0.2) is 4.98 Å². The molecule has 150 valence electrons. The molecule has 2 heterocycles. The van der Waals surface area contributed by atoms with E-state index in [0.717, 1.165) is 51.2 Å². The molecule has 0 spiro atoms. The number of carbonyl (C=O) groups excluding carboxylic acids is 1. The number of nitrogens with one attached hydrogen (secondary N) is 1. The summed E-state index contributed by atoms with van der Waals surface area (Å²) >= 11 is 0. The predicted octanol–water partition coefficient (Wildman–Crippen LogP) is 1.99. The fourth-order valence-electron chi connectivity index (χ4n) is 4.67. The number of aromatic nitrogens is 2. The summed E-state index contributed by atoms with van der Waals surface area (Å²) in [7, 11) is 5.56. The highest BCUT2D eigenvalue weighted by Gasteiger charge is 2.42. The summed E-state index contributed by atoms with van der Waals surface area (Å²) < 4.78 is 2.21. The highest BCUT2D eigenvalue weighted by molar-refractivity contribution is 5.85. The summed E-state index contributed by atoms with van der Waals surface area (Å²) in [5.41, 5.74) is -0.285. The number of imidazole rings is 1. The molecule has 1 N–H and O–H groups in total. The molecule has 1 saturated heterocycles. The third-order valence-electron chi connectivity index (χ3n) is 6.34. The zero-order valence-electron chi connectivity index (χ0n) is 17.2. The van der Waals surface area contributed by atoms with Crippen molar-refractivity contribution in [3.05, 3.63) is 18.7 Å². The van der Waals surface area contributed by atoms with Crippen LogP contribution >= 0.6 is 0 Å². The largest absolute Gasteiger partial charge is 0.355 e. The molecule has 1 aromatic rings. The summed E-state index contributed by atoms with van der Waals surface area (Å²) in [6.45, 7) is 4.87. The standard InChI is InChI=1S/C20H34N6O/c1-16-7-11-25(13-17(16)26-12-10-22-15-26)19(21-2)23-14-20(8-5-6-9-20)18(27)24(3)4/h10,12,15-17H,5-9,11,13-14H2,1-4H3,(H,21,23). The van der Waals surface area contributed by atoms with Crippen molar-refractivity contribution in [3.63, 3.8) is 0 Å². The molecular formula is C20H34N6O. The van der Waals surface area contributed by atoms with Crippen LogP contribution in [0.15, 0.2) is 23.7 Å². The van der Waals surface area contributed by atoms with Crippen LogP contribution < -0.4 is 5.32 Å². The van der Waals surface area contributed by atoms with E-state index in [-0.39, 0.29) is 11.3 Å². The van der Waals surface area contributed by atoms with Crippen LogP contribution in [0.5, 0.6) is 0 Å². The highest BCUT2D eigenvalue weighted by Crippen LogP contribution is 2.39. The van der Waals surface area contributed by atoms with Gasteiger partial charge in [-0.3, -0.25) is 9.79 Å². The summed E-state index contributed by atoms with van der Waals surface area (Å²) in [5, 5.41) is 3.54. The second-order valence-corrected chi connectivity index (χ2v) is 8.38. The SMILES string of the molecule is CN=C(NCC1(C(=O)N(C)C)CCCC1)N1CCC(C)C(n2ccnc2)C1. The maximum absolute atomic E-state index is 12.8. The lowest BCUT2D eigenvalue weighted by Crippen LogP contribution is -2.53. The Kier molecular flexibility index (Phi) is 6.07. The molecule has 1 saturated carbocycles. The first-order valence-electron chi connectivity index (χ1n) is 10.1. The van der Waals surface area contributed by atoms with Crippen LogP contribution in [-0.2, 0) is 4.79 Å². The number of carbonyl (C=O) groups is 1. The van der Waals surface area contributed by atoms with Gasteiger partial charge in [0.25, 0.3) is 0 Å². The first-order chi connectivity index (χ1) is 13.0. The zero-order valence-corrected chi connectivity index (χ0v) is 17.2. The number of nitrogens with zero attached hydrogens (tertiary/aromatic N) is 5. The predicted molar refractivity (Wildman–Crippen MR) is 108 cm³/mol. The minimum Gasteiger partial charge on any atom is -0.355 e. The van der Waals surface area contributed by atoms with Crippen LogP contribution in [0, 0.1) is 11.3 Å². The average Bonchev–Trinajstić information content (AvgIpc) is 3.35. The van der Waals surface area contributed by atoms with Gasteiger partial charge in [-0.2, -0.15) is 0 Å². The van der Waals surface area contributed by atoms with Gasteiger partial charge < -0.3 is 19.7 Å². The van der Waals surface area contributed by atoms with E-state index in [2.05, 4.69) is 31.7 Å². The van der Waals surface area contributed by atoms with E-state index >= 15 is 0 Å². The molecular weight excluding hydrogens is 340 g/mol. The monoisotopic (exact) mass is 374 g/mol. The first kappa shape index (κ1) is 19.7. The van der Waals surface area contributed by atoms with Crippen molar-refractivity contribution in [2.75, 3.05) is 40.8 Å². The van der Waals surface area contributed by atoms with E-state index < -0.39 is 0 Å². The maximum atomic E-state index is 12.8. The normalized spacial score (nSPS) is 25.5. The van der Waals surface area contributed by atoms with Gasteiger partial charge in [0.05, 0.1) is 17.8 Å². The van der Waals surface area contributed by atoms with Gasteiger partial charge in [0, 0.05) is 53.2 Å². The van der Waals surface area contributed by atoms with Crippen LogP contribution in [0.4, 0.5) is 0 Å². The molecule has 1 aromatic heterocycles. The number of piperidine rings is 1. The number of rotatable bonds is 4. The fourth-order valence-corrected chi connectivity index (χ4v) is 4.67. The van der Waals surface area contributed by atoms with Gasteiger partial charge in [-0.1, -0.05) is 19.8 Å². The Bertz CT molecular complexity index is 647. The molecule has 7 nitrogen and oxygen atoms in total. The first-order valence-corrected chi connectivity index (χ1v) is 10.1. The van der Waals surface area contributed by atoms with Crippen LogP contribution in [0.2, 0.25) is 0 Å². The van der Waals surface area contributed by atoms with Crippen molar-refractivity contribution in [2.45, 2.75) is 45.1 Å². The number of likely N-dealkylation sites (tertiary alicyclic amines) is 1. The third kappa shape index (κ3) is 4.12. The van der Waals surface area contributed by atoms with E-state index in [1.54, 1.807) is 4.90 Å². The van der Waals surface area contributed by atoms with Gasteiger partial charge in [0.15, 0.2) is 5.96 Å². The Morgan fingerprint density at radius 3 is 2.70 bits per heavy atom. The van der Waals surface area contributed by atoms with Crippen LogP contribution in [-0.4, -0.2) is 72.0 Å². The minimum absolute atomic E-state index is 0.242. The molecule has 2 unspecified atom stereocenters. The molecule has 1 amide bonds. The molecule has 0 radical (unpaired) electrons. The molecule has 3 rings (SSSR count). The summed E-state index contributed by atoms with van der Waals surface area (Å²) in [6.07, 6.45) is 11.1. The van der Waals surface area contributed by atoms with E-state index in [1.165, 1.54) is 0 Å². The van der Waals surface area contributed by atoms with Gasteiger partial charge >= 0.3 is 0 Å². The van der Waals surface area contributed by atoms with Crippen molar-refractivity contribution in [2.24, 2.45) is 16.3 Å². The molecule has 0 aromatic carbocycles. The second kappa shape index (κ2) is 8.31. The van der Waals surface area contributed by atoms with Gasteiger partial charge in [-0.05, 0) is 25.2 Å². The van der Waals surface area contributed by atoms with E-state index in [0.29, 0.717) is 18.5 Å². The van der Waals surface area contributed by atoms with Crippen LogP contribution in [0.1, 0.15) is 45.1 Å². The Labute approximate surface area is 162 Å². The summed E-state index contributed by atoms with van der Waals surface area (Å²) in [5.74, 6) is 1.75. The lowest BCUT2D eigenvalue weighted by molar-refractivity contribution is -0.138. The van der Waals surface area contributed by atoms with Crippen LogP contribution in [0.25, 0.3) is 0 Å².